The first-order valence-corrected chi connectivity index (χ1v) is 0. The third-order valence-corrected chi connectivity index (χ3v) is 0. The first-order valence-electron chi connectivity index (χ1n) is 0. The van der Waals surface area contributed by atoms with Gasteiger partial charge in [-0.2, -0.15) is 0 Å². The molecule has 0 aliphatic heterocycles. The summed E-state index contributed by atoms with van der Waals surface area (Å²) in [5, 5.41) is 0. The molecule has 0 atom stereocenters. The fourth-order valence-corrected chi connectivity index (χ4v) is 0. The summed E-state index contributed by atoms with van der Waals surface area (Å²) in [4.78, 5) is 0. The van der Waals surface area contributed by atoms with Crippen LogP contribution in [0.3, 0.4) is 0 Å². The predicted molar refractivity (Wildman–Crippen MR) is 18.5 cm³/mol. The van der Waals surface area contributed by atoms with Gasteiger partial charge in [-0.3, -0.25) is 0 Å². The Labute approximate surface area is 112 Å². The summed E-state index contributed by atoms with van der Waals surface area (Å²) < 4.78 is 0. The van der Waals surface area contributed by atoms with Crippen LogP contribution in [0, 0.1) is 40.4 Å². The van der Waals surface area contributed by atoms with Crippen LogP contribution in [0.5, 0.6) is 0 Å². The van der Waals surface area contributed by atoms with E-state index >= 15 is 0 Å². The molecule has 0 aromatic carbocycles. The van der Waals surface area contributed by atoms with Gasteiger partial charge in [0, 0.05) is 74.5 Å². The maximum atomic E-state index is 0. The Hall–Kier alpha value is 3.68. The summed E-state index contributed by atoms with van der Waals surface area (Å²) in [7, 11) is 0. The molecule has 0 rings (SSSR count). The largest absolute Gasteiger partial charge is 0.316 e. The van der Waals surface area contributed by atoms with Crippen molar-refractivity contribution in [2.45, 2.75) is 0 Å². The number of hydrogen-bond donors (Lipinski definition) is 0. The molecule has 0 nitrogen and oxygen atoms in total. The zero-order valence-electron chi connectivity index (χ0n) is 1.09. The first-order chi connectivity index (χ1) is 0. The molecule has 0 aliphatic carbocycles. The summed E-state index contributed by atoms with van der Waals surface area (Å²) in [6.07, 6.45) is 0. The average Bonchev–Trinajstić information content (AvgIpc) is 0. The summed E-state index contributed by atoms with van der Waals surface area (Å²) >= 11 is 0. The quantitative estimate of drug-likeness (QED) is 0.448. The van der Waals surface area contributed by atoms with Crippen LogP contribution in [0.2, 0.25) is 0 Å². The van der Waals surface area contributed by atoms with Gasteiger partial charge in [0.25, 0.3) is 0 Å². The van der Waals surface area contributed by atoms with Crippen LogP contribution in [0.25, 0.3) is 0 Å². The molecular formula is H5AlCuMgMnSm. The monoisotopic (exact) mass is 326 g/mol. The van der Waals surface area contributed by atoms with E-state index in [1.165, 1.54) is 0 Å². The minimum absolute atomic E-state index is 0. The van der Waals surface area contributed by atoms with Gasteiger partial charge in [0.1, 0.15) is 0 Å². The van der Waals surface area contributed by atoms with Gasteiger partial charge in [-0.05, 0) is 0 Å². The van der Waals surface area contributed by atoms with E-state index in [0.29, 0.717) is 0 Å². The van der Waals surface area contributed by atoms with Gasteiger partial charge < -0.3 is 0 Å². The minimum atomic E-state index is 0. The van der Waals surface area contributed by atoms with E-state index in [1.54, 1.807) is 0 Å². The van der Waals surface area contributed by atoms with Gasteiger partial charge in [0.05, 0.1) is 0 Å². The molecule has 0 saturated carbocycles. The molecule has 0 bridgehead atoms. The maximum Gasteiger partial charge on any atom is 0.316 e. The molecule has 0 heterocycles. The molecule has 0 N–H and O–H groups in total. The molecular weight excluding hydrogens is 320 g/mol. The van der Waals surface area contributed by atoms with Crippen LogP contribution in [0.4, 0.5) is 0 Å². The fraction of sp³-hybridized carbons (Fsp3) is 0. The molecule has 0 aromatic rings. The molecule has 0 saturated heterocycles. The van der Waals surface area contributed by atoms with E-state index in [-0.39, 0.29) is 115 Å². The van der Waals surface area contributed by atoms with Crippen LogP contribution in [-0.4, -0.2) is 40.4 Å². The van der Waals surface area contributed by atoms with E-state index in [1.807, 2.05) is 0 Å². The fourth-order valence-electron chi connectivity index (χ4n) is 0. The van der Waals surface area contributed by atoms with Gasteiger partial charge in [-0.1, -0.05) is 0 Å². The molecule has 0 unspecified atom stereocenters. The smallest absolute Gasteiger partial charge is 0 e. The standard InChI is InChI=1S/Al.Cu.Mg.Mn.Sm.5H. The van der Waals surface area contributed by atoms with Crippen molar-refractivity contribution in [3.05, 3.63) is 0 Å². The van der Waals surface area contributed by atoms with Crippen molar-refractivity contribution >= 4 is 40.4 Å². The Kier molecular flexibility index (Phi) is 192. The second-order valence-electron chi connectivity index (χ2n) is 0. The molecule has 0 amide bonds. The van der Waals surface area contributed by atoms with Crippen LogP contribution < -0.4 is 0 Å². The van der Waals surface area contributed by atoms with Gasteiger partial charge in [0.15, 0.2) is 17.4 Å². The van der Waals surface area contributed by atoms with Gasteiger partial charge in [0.2, 0.25) is 0 Å². The molecule has 0 aliphatic rings. The molecule has 5 heavy (non-hydrogen) atoms. The zero-order chi connectivity index (χ0) is 0. The molecule has 0 aromatic heterocycles. The summed E-state index contributed by atoms with van der Waals surface area (Å²) in [5.74, 6) is 0. The van der Waals surface area contributed by atoms with E-state index in [2.05, 4.69) is 0 Å². The first kappa shape index (κ1) is 37.8. The van der Waals surface area contributed by atoms with Crippen LogP contribution in [0.15, 0.2) is 0 Å². The minimum Gasteiger partial charge on any atom is 0 e. The van der Waals surface area contributed by atoms with E-state index in [9.17, 15) is 0 Å². The SMILES string of the molecule is [AlH3].[Cu].[MgH2].[Mn].[Sm]. The van der Waals surface area contributed by atoms with E-state index in [0.717, 1.165) is 0 Å². The van der Waals surface area contributed by atoms with Crippen molar-refractivity contribution in [2.75, 3.05) is 0 Å². The second kappa shape index (κ2) is 25.3. The molecule has 5 heteroatoms. The van der Waals surface area contributed by atoms with Crippen LogP contribution in [-0.2, 0) is 34.1 Å². The van der Waals surface area contributed by atoms with Gasteiger partial charge >= 0.3 is 23.1 Å². The molecule has 0 fully saturated rings. The van der Waals surface area contributed by atoms with Crippen molar-refractivity contribution < 1.29 is 74.5 Å². The topological polar surface area (TPSA) is 0 Å². The Morgan fingerprint density at radius 1 is 1.00 bits per heavy atom. The van der Waals surface area contributed by atoms with Crippen LogP contribution >= 0.6 is 0 Å². The van der Waals surface area contributed by atoms with Crippen molar-refractivity contribution in [3.63, 3.8) is 0 Å². The van der Waals surface area contributed by atoms with E-state index in [4.69, 9.17) is 0 Å². The Morgan fingerprint density at radius 2 is 1.00 bits per heavy atom. The Bertz CT molecular complexity index is 11.6. The summed E-state index contributed by atoms with van der Waals surface area (Å²) in [6.45, 7) is 0. The average molecular weight is 325 g/mol. The van der Waals surface area contributed by atoms with E-state index < -0.39 is 0 Å². The van der Waals surface area contributed by atoms with Crippen LogP contribution in [0.1, 0.15) is 0 Å². The maximum absolute atomic E-state index is 0. The van der Waals surface area contributed by atoms with Gasteiger partial charge in [-0.25, -0.2) is 0 Å². The predicted octanol–water partition coefficient (Wildman–Crippen LogP) is -2.11. The molecule has 2 radical (unpaired) electrons. The zero-order valence-corrected chi connectivity index (χ0v) is 5.83. The van der Waals surface area contributed by atoms with Crippen molar-refractivity contribution in [1.29, 1.82) is 0 Å². The molecule has 0 spiro atoms. The normalized spacial score (nSPS) is 0. The second-order valence-corrected chi connectivity index (χ2v) is 0. The van der Waals surface area contributed by atoms with Crippen molar-refractivity contribution in [1.82, 2.24) is 0 Å². The van der Waals surface area contributed by atoms with Gasteiger partial charge in [-0.15, -0.1) is 0 Å². The number of hydrogen-bond acceptors (Lipinski definition) is 0. The third kappa shape index (κ3) is 18.3. The van der Waals surface area contributed by atoms with Crippen molar-refractivity contribution in [2.24, 2.45) is 0 Å². The van der Waals surface area contributed by atoms with Crippen molar-refractivity contribution in [3.8, 4) is 0 Å². The summed E-state index contributed by atoms with van der Waals surface area (Å²) in [5.41, 5.74) is 0. The summed E-state index contributed by atoms with van der Waals surface area (Å²) in [6, 6.07) is 0. The third-order valence-electron chi connectivity index (χ3n) is 0. The Balaban J connectivity index is 0. The molecule has 34 valence electrons. The Morgan fingerprint density at radius 3 is 1.00 bits per heavy atom. The number of rotatable bonds is 0.